The largest absolute Gasteiger partial charge is 0.309 e. The SMILES string of the molecule is CC(=O)N1c2ccc(S(=O)(=O)NCC(c3ccccc3)N(C)C)cc2CC1C. The maximum atomic E-state index is 12.9. The molecule has 0 bridgehead atoms. The second kappa shape index (κ2) is 8.03. The van der Waals surface area contributed by atoms with Crippen LogP contribution in [0.3, 0.4) is 0 Å². The van der Waals surface area contributed by atoms with Crippen molar-refractivity contribution in [3.63, 3.8) is 0 Å². The van der Waals surface area contributed by atoms with Gasteiger partial charge in [-0.1, -0.05) is 30.3 Å². The van der Waals surface area contributed by atoms with Crippen LogP contribution in [0.5, 0.6) is 0 Å². The van der Waals surface area contributed by atoms with E-state index in [1.54, 1.807) is 23.1 Å². The monoisotopic (exact) mass is 401 g/mol. The van der Waals surface area contributed by atoms with Crippen molar-refractivity contribution in [2.45, 2.75) is 37.2 Å². The van der Waals surface area contributed by atoms with E-state index in [-0.39, 0.29) is 29.4 Å². The van der Waals surface area contributed by atoms with Gasteiger partial charge in [-0.05, 0) is 56.8 Å². The van der Waals surface area contributed by atoms with E-state index in [0.29, 0.717) is 6.42 Å². The molecule has 28 heavy (non-hydrogen) atoms. The Kier molecular flexibility index (Phi) is 5.88. The summed E-state index contributed by atoms with van der Waals surface area (Å²) in [5.41, 5.74) is 2.74. The summed E-state index contributed by atoms with van der Waals surface area (Å²) in [7, 11) is 0.206. The van der Waals surface area contributed by atoms with Crippen LogP contribution in [-0.4, -0.2) is 45.9 Å². The van der Waals surface area contributed by atoms with Crippen molar-refractivity contribution in [2.75, 3.05) is 25.5 Å². The smallest absolute Gasteiger partial charge is 0.240 e. The number of benzene rings is 2. The van der Waals surface area contributed by atoms with Gasteiger partial charge in [0.05, 0.1) is 4.90 Å². The highest BCUT2D eigenvalue weighted by Crippen LogP contribution is 2.34. The molecule has 1 aliphatic heterocycles. The van der Waals surface area contributed by atoms with Crippen molar-refractivity contribution in [1.29, 1.82) is 0 Å². The van der Waals surface area contributed by atoms with Crippen LogP contribution < -0.4 is 9.62 Å². The average molecular weight is 402 g/mol. The highest BCUT2D eigenvalue weighted by molar-refractivity contribution is 7.89. The first kappa shape index (κ1) is 20.5. The first-order valence-electron chi connectivity index (χ1n) is 9.34. The minimum atomic E-state index is -3.65. The summed E-state index contributed by atoms with van der Waals surface area (Å²) >= 11 is 0. The van der Waals surface area contributed by atoms with Crippen LogP contribution >= 0.6 is 0 Å². The van der Waals surface area contributed by atoms with Gasteiger partial charge in [0.1, 0.15) is 0 Å². The van der Waals surface area contributed by atoms with Gasteiger partial charge >= 0.3 is 0 Å². The maximum Gasteiger partial charge on any atom is 0.240 e. The second-order valence-corrected chi connectivity index (χ2v) is 9.24. The Hall–Kier alpha value is -2.22. The Labute approximate surface area is 167 Å². The van der Waals surface area contributed by atoms with Gasteiger partial charge in [-0.25, -0.2) is 13.1 Å². The number of hydrogen-bond donors (Lipinski definition) is 1. The summed E-state index contributed by atoms with van der Waals surface area (Å²) in [4.78, 5) is 15.8. The molecule has 3 rings (SSSR count). The third kappa shape index (κ3) is 4.11. The molecule has 0 saturated carbocycles. The number of nitrogens with zero attached hydrogens (tertiary/aromatic N) is 2. The molecule has 1 N–H and O–H groups in total. The van der Waals surface area contributed by atoms with Gasteiger partial charge in [-0.2, -0.15) is 0 Å². The van der Waals surface area contributed by atoms with E-state index >= 15 is 0 Å². The van der Waals surface area contributed by atoms with Crippen LogP contribution in [0.1, 0.15) is 31.0 Å². The first-order valence-corrected chi connectivity index (χ1v) is 10.8. The molecule has 0 aromatic heterocycles. The van der Waals surface area contributed by atoms with Gasteiger partial charge in [0, 0.05) is 31.2 Å². The zero-order valence-corrected chi connectivity index (χ0v) is 17.5. The summed E-state index contributed by atoms with van der Waals surface area (Å²) in [6.45, 7) is 3.77. The fourth-order valence-corrected chi connectivity index (χ4v) is 4.89. The fraction of sp³-hybridized carbons (Fsp3) is 0.381. The highest BCUT2D eigenvalue weighted by atomic mass is 32.2. The molecular formula is C21H27N3O3S. The van der Waals surface area contributed by atoms with Crippen molar-refractivity contribution < 1.29 is 13.2 Å². The van der Waals surface area contributed by atoms with Crippen molar-refractivity contribution in [2.24, 2.45) is 0 Å². The molecule has 0 aliphatic carbocycles. The molecule has 0 spiro atoms. The third-order valence-electron chi connectivity index (χ3n) is 5.19. The van der Waals surface area contributed by atoms with Crippen LogP contribution in [0.4, 0.5) is 5.69 Å². The summed E-state index contributed by atoms with van der Waals surface area (Å²) in [6.07, 6.45) is 0.655. The van der Waals surface area contributed by atoms with Gasteiger partial charge in [0.25, 0.3) is 0 Å². The summed E-state index contributed by atoms with van der Waals surface area (Å²) in [5.74, 6) is -0.0309. The number of fused-ring (bicyclic) bond motifs is 1. The molecule has 0 fully saturated rings. The molecule has 150 valence electrons. The van der Waals surface area contributed by atoms with Crippen LogP contribution in [-0.2, 0) is 21.2 Å². The first-order chi connectivity index (χ1) is 13.2. The number of amides is 1. The molecule has 2 atom stereocenters. The van der Waals surface area contributed by atoms with Crippen LogP contribution in [0.25, 0.3) is 0 Å². The number of sulfonamides is 1. The zero-order chi connectivity index (χ0) is 20.5. The maximum absolute atomic E-state index is 12.9. The molecule has 2 aromatic carbocycles. The Morgan fingerprint density at radius 2 is 1.89 bits per heavy atom. The molecule has 0 radical (unpaired) electrons. The Balaban J connectivity index is 1.80. The lowest BCUT2D eigenvalue weighted by Crippen LogP contribution is -2.34. The van der Waals surface area contributed by atoms with E-state index in [4.69, 9.17) is 0 Å². The molecule has 2 aromatic rings. The normalized spacial score (nSPS) is 17.6. The lowest BCUT2D eigenvalue weighted by atomic mass is 10.1. The van der Waals surface area contributed by atoms with Gasteiger partial charge in [0.2, 0.25) is 15.9 Å². The number of anilines is 1. The number of nitrogens with one attached hydrogen (secondary N) is 1. The molecule has 2 unspecified atom stereocenters. The van der Waals surface area contributed by atoms with Crippen LogP contribution in [0.15, 0.2) is 53.4 Å². The molecule has 0 saturated heterocycles. The number of carbonyl (C=O) groups excluding carboxylic acids is 1. The topological polar surface area (TPSA) is 69.7 Å². The van der Waals surface area contributed by atoms with E-state index in [9.17, 15) is 13.2 Å². The number of carbonyl (C=O) groups is 1. The lowest BCUT2D eigenvalue weighted by molar-refractivity contribution is -0.116. The van der Waals surface area contributed by atoms with Gasteiger partial charge < -0.3 is 9.80 Å². The molecule has 1 aliphatic rings. The molecule has 7 heteroatoms. The van der Waals surface area contributed by atoms with E-state index in [1.807, 2.05) is 56.3 Å². The standard InChI is InChI=1S/C21H27N3O3S/c1-15-12-18-13-19(10-11-20(18)24(15)16(2)25)28(26,27)22-14-21(23(3)4)17-8-6-5-7-9-17/h5-11,13,15,21-22H,12,14H2,1-4H3. The minimum absolute atomic E-state index is 0.0309. The number of likely N-dealkylation sites (N-methyl/N-ethyl adjacent to an activating group) is 1. The van der Waals surface area contributed by atoms with E-state index in [0.717, 1.165) is 16.8 Å². The van der Waals surface area contributed by atoms with Crippen molar-refractivity contribution in [3.05, 3.63) is 59.7 Å². The Morgan fingerprint density at radius 1 is 1.21 bits per heavy atom. The highest BCUT2D eigenvalue weighted by Gasteiger charge is 2.30. The Morgan fingerprint density at radius 3 is 2.50 bits per heavy atom. The summed E-state index contributed by atoms with van der Waals surface area (Å²) in [5, 5.41) is 0. The van der Waals surface area contributed by atoms with Crippen molar-refractivity contribution in [1.82, 2.24) is 9.62 Å². The number of rotatable bonds is 6. The second-order valence-electron chi connectivity index (χ2n) is 7.47. The molecule has 1 heterocycles. The minimum Gasteiger partial charge on any atom is -0.309 e. The summed E-state index contributed by atoms with van der Waals surface area (Å²) in [6, 6.07) is 14.8. The van der Waals surface area contributed by atoms with Crippen molar-refractivity contribution in [3.8, 4) is 0 Å². The van der Waals surface area contributed by atoms with Crippen LogP contribution in [0, 0.1) is 0 Å². The quantitative estimate of drug-likeness (QED) is 0.808. The predicted molar refractivity (Wildman–Crippen MR) is 111 cm³/mol. The zero-order valence-electron chi connectivity index (χ0n) is 16.7. The van der Waals surface area contributed by atoms with E-state index < -0.39 is 10.0 Å². The van der Waals surface area contributed by atoms with Gasteiger partial charge in [0.15, 0.2) is 0 Å². The van der Waals surface area contributed by atoms with Gasteiger partial charge in [-0.3, -0.25) is 4.79 Å². The molecule has 1 amide bonds. The Bertz CT molecular complexity index is 958. The third-order valence-corrected chi connectivity index (χ3v) is 6.61. The number of hydrogen-bond acceptors (Lipinski definition) is 4. The molecule has 6 nitrogen and oxygen atoms in total. The molecular weight excluding hydrogens is 374 g/mol. The van der Waals surface area contributed by atoms with E-state index in [1.165, 1.54) is 6.92 Å². The predicted octanol–water partition coefficient (Wildman–Crippen LogP) is 2.57. The lowest BCUT2D eigenvalue weighted by Gasteiger charge is -2.25. The summed E-state index contributed by atoms with van der Waals surface area (Å²) < 4.78 is 28.5. The van der Waals surface area contributed by atoms with Gasteiger partial charge in [-0.15, -0.1) is 0 Å². The fourth-order valence-electron chi connectivity index (χ4n) is 3.80. The average Bonchev–Trinajstić information content (AvgIpc) is 2.97. The van der Waals surface area contributed by atoms with E-state index in [2.05, 4.69) is 4.72 Å². The van der Waals surface area contributed by atoms with Crippen molar-refractivity contribution >= 4 is 21.6 Å². The van der Waals surface area contributed by atoms with Crippen LogP contribution in [0.2, 0.25) is 0 Å².